The first-order chi connectivity index (χ1) is 14.3. The molecule has 2 aliphatic rings. The fraction of sp³-hybridized carbons (Fsp3) is 0.318. The third-order valence-corrected chi connectivity index (χ3v) is 6.26. The lowest BCUT2D eigenvalue weighted by Gasteiger charge is -2.26. The number of likely N-dealkylation sites (tertiary alicyclic amines) is 1. The van der Waals surface area contributed by atoms with Crippen LogP contribution in [-0.4, -0.2) is 40.5 Å². The topological polar surface area (TPSA) is 64.6 Å². The van der Waals surface area contributed by atoms with Crippen LogP contribution in [0.4, 0.5) is 0 Å². The standard InChI is InChI=1S/C22H21N3O3S/c26-21(12-17-14-29-22(24-17)16-3-1-7-23-13-16)25-8-2-4-18(25)15-5-6-19-20(11-15)28-10-9-27-19/h1,3,5-7,11,13-14,18H,2,4,8-10,12H2. The molecule has 148 valence electrons. The van der Waals surface area contributed by atoms with E-state index in [1.807, 2.05) is 40.6 Å². The number of aromatic nitrogens is 2. The van der Waals surface area contributed by atoms with Crippen LogP contribution in [0.5, 0.6) is 11.5 Å². The minimum Gasteiger partial charge on any atom is -0.486 e. The highest BCUT2D eigenvalue weighted by atomic mass is 32.1. The Labute approximate surface area is 173 Å². The summed E-state index contributed by atoms with van der Waals surface area (Å²) in [6, 6.07) is 9.97. The first-order valence-corrected chi connectivity index (χ1v) is 10.7. The Hall–Kier alpha value is -2.93. The van der Waals surface area contributed by atoms with Crippen molar-refractivity contribution in [2.45, 2.75) is 25.3 Å². The fourth-order valence-electron chi connectivity index (χ4n) is 3.95. The SMILES string of the molecule is O=C(Cc1csc(-c2cccnc2)n1)N1CCCC1c1ccc2c(c1)OCCO2. The normalized spacial score (nSPS) is 18.1. The van der Waals surface area contributed by atoms with E-state index >= 15 is 0 Å². The van der Waals surface area contributed by atoms with Gasteiger partial charge in [-0.1, -0.05) is 6.07 Å². The Morgan fingerprint density at radius 3 is 2.97 bits per heavy atom. The maximum atomic E-state index is 13.1. The predicted octanol–water partition coefficient (Wildman–Crippen LogP) is 3.88. The summed E-state index contributed by atoms with van der Waals surface area (Å²) in [7, 11) is 0. The first kappa shape index (κ1) is 18.1. The molecule has 1 saturated heterocycles. The van der Waals surface area contributed by atoms with E-state index in [4.69, 9.17) is 9.47 Å². The number of amides is 1. The van der Waals surface area contributed by atoms with Gasteiger partial charge >= 0.3 is 0 Å². The number of benzene rings is 1. The largest absolute Gasteiger partial charge is 0.486 e. The van der Waals surface area contributed by atoms with Crippen molar-refractivity contribution < 1.29 is 14.3 Å². The Balaban J connectivity index is 1.31. The molecule has 0 radical (unpaired) electrons. The average Bonchev–Trinajstić information content (AvgIpc) is 3.44. The summed E-state index contributed by atoms with van der Waals surface area (Å²) >= 11 is 1.55. The summed E-state index contributed by atoms with van der Waals surface area (Å²) in [5.74, 6) is 1.67. The highest BCUT2D eigenvalue weighted by Crippen LogP contribution is 2.38. The van der Waals surface area contributed by atoms with E-state index < -0.39 is 0 Å². The molecule has 0 bridgehead atoms. The lowest BCUT2D eigenvalue weighted by atomic mass is 10.0. The second-order valence-electron chi connectivity index (χ2n) is 7.21. The third kappa shape index (κ3) is 3.70. The number of hydrogen-bond acceptors (Lipinski definition) is 6. The van der Waals surface area contributed by atoms with Crippen LogP contribution >= 0.6 is 11.3 Å². The molecule has 1 fully saturated rings. The molecular weight excluding hydrogens is 386 g/mol. The molecule has 1 unspecified atom stereocenters. The summed E-state index contributed by atoms with van der Waals surface area (Å²) in [6.07, 6.45) is 5.82. The van der Waals surface area contributed by atoms with Crippen LogP contribution in [0.2, 0.25) is 0 Å². The number of ether oxygens (including phenoxy) is 2. The van der Waals surface area contributed by atoms with Gasteiger partial charge in [-0.15, -0.1) is 11.3 Å². The molecular formula is C22H21N3O3S. The van der Waals surface area contributed by atoms with Gasteiger partial charge in [0.25, 0.3) is 0 Å². The van der Waals surface area contributed by atoms with E-state index in [9.17, 15) is 4.79 Å². The number of fused-ring (bicyclic) bond motifs is 1. The van der Waals surface area contributed by atoms with Crippen LogP contribution in [0.25, 0.3) is 10.6 Å². The van der Waals surface area contributed by atoms with E-state index in [1.165, 1.54) is 0 Å². The number of hydrogen-bond donors (Lipinski definition) is 0. The summed E-state index contributed by atoms with van der Waals surface area (Å²) < 4.78 is 11.3. The molecule has 0 spiro atoms. The summed E-state index contributed by atoms with van der Waals surface area (Å²) in [5, 5.41) is 2.86. The fourth-order valence-corrected chi connectivity index (χ4v) is 4.76. The van der Waals surface area contributed by atoms with Crippen molar-refractivity contribution in [2.75, 3.05) is 19.8 Å². The lowest BCUT2D eigenvalue weighted by molar-refractivity contribution is -0.131. The van der Waals surface area contributed by atoms with Crippen LogP contribution in [0, 0.1) is 0 Å². The lowest BCUT2D eigenvalue weighted by Crippen LogP contribution is -2.32. The van der Waals surface area contributed by atoms with Crippen molar-refractivity contribution in [3.05, 3.63) is 59.4 Å². The summed E-state index contributed by atoms with van der Waals surface area (Å²) in [4.78, 5) is 23.8. The molecule has 0 N–H and O–H groups in total. The van der Waals surface area contributed by atoms with Gasteiger partial charge in [0.05, 0.1) is 18.2 Å². The van der Waals surface area contributed by atoms with Crippen LogP contribution in [0.3, 0.4) is 0 Å². The van der Waals surface area contributed by atoms with Crippen LogP contribution < -0.4 is 9.47 Å². The highest BCUT2D eigenvalue weighted by molar-refractivity contribution is 7.13. The molecule has 7 heteroatoms. The van der Waals surface area contributed by atoms with Crippen molar-refractivity contribution >= 4 is 17.2 Å². The zero-order valence-electron chi connectivity index (χ0n) is 15.9. The molecule has 2 aromatic heterocycles. The van der Waals surface area contributed by atoms with Crippen LogP contribution in [0.15, 0.2) is 48.1 Å². The second-order valence-corrected chi connectivity index (χ2v) is 8.07. The molecule has 29 heavy (non-hydrogen) atoms. The first-order valence-electron chi connectivity index (χ1n) is 9.82. The summed E-state index contributed by atoms with van der Waals surface area (Å²) in [6.45, 7) is 1.92. The minimum absolute atomic E-state index is 0.0785. The van der Waals surface area contributed by atoms with Gasteiger partial charge in [0.1, 0.15) is 18.2 Å². The number of thiazole rings is 1. The summed E-state index contributed by atoms with van der Waals surface area (Å²) in [5.41, 5.74) is 2.90. The van der Waals surface area contributed by atoms with Crippen molar-refractivity contribution in [3.63, 3.8) is 0 Å². The van der Waals surface area contributed by atoms with Gasteiger partial charge in [0.2, 0.25) is 5.91 Å². The molecule has 6 nitrogen and oxygen atoms in total. The Bertz CT molecular complexity index is 1020. The van der Waals surface area contributed by atoms with Crippen molar-refractivity contribution in [1.82, 2.24) is 14.9 Å². The molecule has 3 aromatic rings. The minimum atomic E-state index is 0.0785. The molecule has 0 saturated carbocycles. The molecule has 1 amide bonds. The van der Waals surface area contributed by atoms with Gasteiger partial charge < -0.3 is 14.4 Å². The predicted molar refractivity (Wildman–Crippen MR) is 110 cm³/mol. The number of nitrogens with zero attached hydrogens (tertiary/aromatic N) is 3. The quantitative estimate of drug-likeness (QED) is 0.657. The smallest absolute Gasteiger partial charge is 0.229 e. The van der Waals surface area contributed by atoms with Gasteiger partial charge in [-0.2, -0.15) is 0 Å². The van der Waals surface area contributed by atoms with Crippen molar-refractivity contribution in [1.29, 1.82) is 0 Å². The van der Waals surface area contributed by atoms with E-state index in [-0.39, 0.29) is 11.9 Å². The molecule has 2 aliphatic heterocycles. The molecule has 4 heterocycles. The maximum Gasteiger partial charge on any atom is 0.229 e. The Morgan fingerprint density at radius 2 is 2.10 bits per heavy atom. The number of rotatable bonds is 4. The molecule has 5 rings (SSSR count). The van der Waals surface area contributed by atoms with E-state index in [1.54, 1.807) is 23.7 Å². The van der Waals surface area contributed by atoms with Gasteiger partial charge in [0, 0.05) is 29.9 Å². The van der Waals surface area contributed by atoms with Gasteiger partial charge in [0.15, 0.2) is 11.5 Å². The molecule has 1 atom stereocenters. The molecule has 0 aliphatic carbocycles. The average molecular weight is 407 g/mol. The number of carbonyl (C=O) groups excluding carboxylic acids is 1. The number of carbonyl (C=O) groups is 1. The maximum absolute atomic E-state index is 13.1. The monoisotopic (exact) mass is 407 g/mol. The van der Waals surface area contributed by atoms with Gasteiger partial charge in [-0.3, -0.25) is 9.78 Å². The highest BCUT2D eigenvalue weighted by Gasteiger charge is 2.31. The Morgan fingerprint density at radius 1 is 1.21 bits per heavy atom. The third-order valence-electron chi connectivity index (χ3n) is 5.32. The van der Waals surface area contributed by atoms with Crippen LogP contribution in [0.1, 0.15) is 30.1 Å². The van der Waals surface area contributed by atoms with E-state index in [0.29, 0.717) is 19.6 Å². The molecule has 1 aromatic carbocycles. The van der Waals surface area contributed by atoms with Gasteiger partial charge in [-0.05, 0) is 42.7 Å². The second kappa shape index (κ2) is 7.83. The number of pyridine rings is 1. The van der Waals surface area contributed by atoms with Crippen molar-refractivity contribution in [3.8, 4) is 22.1 Å². The van der Waals surface area contributed by atoms with Crippen LogP contribution in [-0.2, 0) is 11.2 Å². The zero-order chi connectivity index (χ0) is 19.6. The van der Waals surface area contributed by atoms with E-state index in [2.05, 4.69) is 9.97 Å². The van der Waals surface area contributed by atoms with Crippen molar-refractivity contribution in [2.24, 2.45) is 0 Å². The van der Waals surface area contributed by atoms with E-state index in [0.717, 1.165) is 52.7 Å². The Kier molecular flexibility index (Phi) is 4.89. The van der Waals surface area contributed by atoms with Gasteiger partial charge in [-0.25, -0.2) is 4.98 Å². The zero-order valence-corrected chi connectivity index (χ0v) is 16.7.